The third-order valence-corrected chi connectivity index (χ3v) is 3.45. The van der Waals surface area contributed by atoms with E-state index in [0.29, 0.717) is 37.3 Å². The van der Waals surface area contributed by atoms with Crippen molar-refractivity contribution in [3.05, 3.63) is 17.6 Å². The van der Waals surface area contributed by atoms with Crippen LogP contribution in [0.1, 0.15) is 30.5 Å². The van der Waals surface area contributed by atoms with E-state index in [9.17, 15) is 13.6 Å². The second-order valence-electron chi connectivity index (χ2n) is 4.61. The first-order valence-electron chi connectivity index (χ1n) is 6.08. The number of piperidine rings is 1. The van der Waals surface area contributed by atoms with Crippen molar-refractivity contribution >= 4 is 11.8 Å². The lowest BCUT2D eigenvalue weighted by molar-refractivity contribution is -0.142. The second-order valence-corrected chi connectivity index (χ2v) is 4.61. The largest absolute Gasteiger partial charge is 0.481 e. The fourth-order valence-corrected chi connectivity index (χ4v) is 2.33. The Morgan fingerprint density at radius 3 is 2.58 bits per heavy atom. The van der Waals surface area contributed by atoms with Gasteiger partial charge < -0.3 is 10.0 Å². The number of hydrogen-bond acceptors (Lipinski definition) is 4. The lowest BCUT2D eigenvalue weighted by Crippen LogP contribution is -2.37. The summed E-state index contributed by atoms with van der Waals surface area (Å²) >= 11 is 0. The van der Waals surface area contributed by atoms with Crippen molar-refractivity contribution in [2.45, 2.75) is 26.2 Å². The predicted molar refractivity (Wildman–Crippen MR) is 64.3 cm³/mol. The summed E-state index contributed by atoms with van der Waals surface area (Å²) in [4.78, 5) is 20.4. The number of aromatic nitrogens is 2. The summed E-state index contributed by atoms with van der Waals surface area (Å²) < 4.78 is 25.5. The SMILES string of the molecule is Cc1c(C(F)F)ncnc1N1CCC(C(=O)O)CC1. The molecule has 5 nitrogen and oxygen atoms in total. The molecule has 0 aliphatic carbocycles. The molecule has 1 fully saturated rings. The number of alkyl halides is 2. The zero-order chi connectivity index (χ0) is 14.0. The molecule has 1 aromatic heterocycles. The smallest absolute Gasteiger partial charge is 0.306 e. The summed E-state index contributed by atoms with van der Waals surface area (Å²) in [5.74, 6) is -0.672. The molecule has 1 aliphatic heterocycles. The molecular formula is C12H15F2N3O2. The third kappa shape index (κ3) is 2.80. The van der Waals surface area contributed by atoms with Crippen molar-refractivity contribution in [1.82, 2.24) is 9.97 Å². The first-order chi connectivity index (χ1) is 9.00. The molecule has 0 saturated carbocycles. The summed E-state index contributed by atoms with van der Waals surface area (Å²) in [6.07, 6.45) is -0.489. The maximum Gasteiger partial charge on any atom is 0.306 e. The van der Waals surface area contributed by atoms with Gasteiger partial charge in [-0.15, -0.1) is 0 Å². The van der Waals surface area contributed by atoms with Crippen LogP contribution in [0.2, 0.25) is 0 Å². The number of rotatable bonds is 3. The van der Waals surface area contributed by atoms with Crippen LogP contribution >= 0.6 is 0 Å². The van der Waals surface area contributed by atoms with Crippen LogP contribution in [0.3, 0.4) is 0 Å². The lowest BCUT2D eigenvalue weighted by atomic mass is 9.97. The van der Waals surface area contributed by atoms with Gasteiger partial charge in [-0.25, -0.2) is 18.7 Å². The first kappa shape index (κ1) is 13.6. The normalized spacial score (nSPS) is 16.9. The van der Waals surface area contributed by atoms with E-state index >= 15 is 0 Å². The van der Waals surface area contributed by atoms with E-state index in [1.807, 2.05) is 4.90 Å². The van der Waals surface area contributed by atoms with Gasteiger partial charge in [-0.3, -0.25) is 4.79 Å². The first-order valence-corrected chi connectivity index (χ1v) is 6.08. The fraction of sp³-hybridized carbons (Fsp3) is 0.583. The lowest BCUT2D eigenvalue weighted by Gasteiger charge is -2.32. The highest BCUT2D eigenvalue weighted by atomic mass is 19.3. The van der Waals surface area contributed by atoms with Crippen molar-refractivity contribution in [2.24, 2.45) is 5.92 Å². The van der Waals surface area contributed by atoms with E-state index in [2.05, 4.69) is 9.97 Å². The highest BCUT2D eigenvalue weighted by Crippen LogP contribution is 2.28. The average Bonchev–Trinajstić information content (AvgIpc) is 2.38. The minimum absolute atomic E-state index is 0.259. The van der Waals surface area contributed by atoms with E-state index in [4.69, 9.17) is 5.11 Å². The minimum Gasteiger partial charge on any atom is -0.481 e. The molecule has 0 bridgehead atoms. The molecule has 0 atom stereocenters. The maximum atomic E-state index is 12.8. The Balaban J connectivity index is 2.16. The molecule has 2 heterocycles. The average molecular weight is 271 g/mol. The molecule has 2 rings (SSSR count). The number of carboxylic acid groups (broad SMARTS) is 1. The van der Waals surface area contributed by atoms with Gasteiger partial charge >= 0.3 is 5.97 Å². The van der Waals surface area contributed by atoms with Crippen LogP contribution in [-0.2, 0) is 4.79 Å². The summed E-state index contributed by atoms with van der Waals surface area (Å²) in [7, 11) is 0. The van der Waals surface area contributed by atoms with Crippen molar-refractivity contribution in [3.63, 3.8) is 0 Å². The van der Waals surface area contributed by atoms with Crippen LogP contribution in [-0.4, -0.2) is 34.1 Å². The Morgan fingerprint density at radius 2 is 2.05 bits per heavy atom. The van der Waals surface area contributed by atoms with Crippen LogP contribution in [0.4, 0.5) is 14.6 Å². The van der Waals surface area contributed by atoms with E-state index in [0.717, 1.165) is 6.33 Å². The molecule has 0 amide bonds. The number of nitrogens with zero attached hydrogens (tertiary/aromatic N) is 3. The van der Waals surface area contributed by atoms with Gasteiger partial charge in [-0.1, -0.05) is 0 Å². The zero-order valence-corrected chi connectivity index (χ0v) is 10.5. The van der Waals surface area contributed by atoms with Crippen molar-refractivity contribution in [3.8, 4) is 0 Å². The van der Waals surface area contributed by atoms with Gasteiger partial charge in [0.05, 0.1) is 5.92 Å². The molecule has 1 aromatic rings. The van der Waals surface area contributed by atoms with Gasteiger partial charge in [-0.05, 0) is 19.8 Å². The Kier molecular flexibility index (Phi) is 3.92. The minimum atomic E-state index is -2.63. The monoisotopic (exact) mass is 271 g/mol. The van der Waals surface area contributed by atoms with E-state index in [-0.39, 0.29) is 11.6 Å². The molecule has 0 unspecified atom stereocenters. The van der Waals surface area contributed by atoms with Crippen LogP contribution in [0, 0.1) is 12.8 Å². The van der Waals surface area contributed by atoms with Gasteiger partial charge in [0, 0.05) is 18.7 Å². The summed E-state index contributed by atoms with van der Waals surface area (Å²) in [5.41, 5.74) is 0.108. The Labute approximate surface area is 109 Å². The Morgan fingerprint density at radius 1 is 1.42 bits per heavy atom. The topological polar surface area (TPSA) is 66.3 Å². The quantitative estimate of drug-likeness (QED) is 0.911. The second kappa shape index (κ2) is 5.46. The number of anilines is 1. The summed E-state index contributed by atoms with van der Waals surface area (Å²) in [6.45, 7) is 2.59. The van der Waals surface area contributed by atoms with Gasteiger partial charge in [0.2, 0.25) is 0 Å². The van der Waals surface area contributed by atoms with Gasteiger partial charge in [-0.2, -0.15) is 0 Å². The van der Waals surface area contributed by atoms with Crippen LogP contribution in [0.15, 0.2) is 6.33 Å². The molecule has 1 saturated heterocycles. The van der Waals surface area contributed by atoms with E-state index in [1.54, 1.807) is 6.92 Å². The van der Waals surface area contributed by atoms with Crippen LogP contribution in [0.25, 0.3) is 0 Å². The standard InChI is InChI=1S/C12H15F2N3O2/c1-7-9(10(13)14)15-6-16-11(7)17-4-2-8(3-5-17)12(18)19/h6,8,10H,2-5H2,1H3,(H,18,19). The number of carboxylic acids is 1. The number of hydrogen-bond donors (Lipinski definition) is 1. The van der Waals surface area contributed by atoms with Gasteiger partial charge in [0.15, 0.2) is 0 Å². The summed E-state index contributed by atoms with van der Waals surface area (Å²) in [5, 5.41) is 8.92. The highest BCUT2D eigenvalue weighted by Gasteiger charge is 2.27. The highest BCUT2D eigenvalue weighted by molar-refractivity contribution is 5.70. The van der Waals surface area contributed by atoms with Gasteiger partial charge in [0.25, 0.3) is 6.43 Å². The molecule has 104 valence electrons. The number of carbonyl (C=O) groups is 1. The van der Waals surface area contributed by atoms with Crippen LogP contribution < -0.4 is 4.90 Å². The maximum absolute atomic E-state index is 12.8. The number of aliphatic carboxylic acids is 1. The molecule has 0 spiro atoms. The molecule has 0 radical (unpaired) electrons. The zero-order valence-electron chi connectivity index (χ0n) is 10.5. The molecule has 7 heteroatoms. The number of halogens is 2. The van der Waals surface area contributed by atoms with E-state index < -0.39 is 12.4 Å². The molecule has 1 N–H and O–H groups in total. The Bertz CT molecular complexity index is 474. The molecule has 0 aromatic carbocycles. The predicted octanol–water partition coefficient (Wildman–Crippen LogP) is 2.02. The summed E-state index contributed by atoms with van der Waals surface area (Å²) in [6, 6.07) is 0. The van der Waals surface area contributed by atoms with Crippen molar-refractivity contribution in [2.75, 3.05) is 18.0 Å². The fourth-order valence-electron chi connectivity index (χ4n) is 2.33. The van der Waals surface area contributed by atoms with Crippen molar-refractivity contribution in [1.29, 1.82) is 0 Å². The Hall–Kier alpha value is -1.79. The van der Waals surface area contributed by atoms with E-state index in [1.165, 1.54) is 0 Å². The molecule has 19 heavy (non-hydrogen) atoms. The third-order valence-electron chi connectivity index (χ3n) is 3.45. The van der Waals surface area contributed by atoms with Crippen molar-refractivity contribution < 1.29 is 18.7 Å². The van der Waals surface area contributed by atoms with Gasteiger partial charge in [0.1, 0.15) is 17.8 Å². The molecular weight excluding hydrogens is 256 g/mol. The van der Waals surface area contributed by atoms with Crippen LogP contribution in [0.5, 0.6) is 0 Å². The molecule has 1 aliphatic rings.